The molecule has 168 valence electrons. The Balaban J connectivity index is 1.75. The maximum Gasteiger partial charge on any atom is 0.235 e. The molecule has 33 heavy (non-hydrogen) atoms. The lowest BCUT2D eigenvalue weighted by Crippen LogP contribution is -2.21. The van der Waals surface area contributed by atoms with E-state index in [-0.39, 0.29) is 18.6 Å². The molecule has 4 rings (SSSR count). The van der Waals surface area contributed by atoms with Gasteiger partial charge in [-0.15, -0.1) is 10.5 Å². The molecule has 2 heterocycles. The minimum Gasteiger partial charge on any atom is -0.489 e. The van der Waals surface area contributed by atoms with E-state index in [0.29, 0.717) is 22.2 Å². The number of aliphatic hydroxyl groups excluding tert-OH is 1. The molecule has 0 spiro atoms. The van der Waals surface area contributed by atoms with Crippen molar-refractivity contribution < 1.29 is 14.6 Å². The Hall–Kier alpha value is -3.54. The molecular formula is C25H24N4O3S. The summed E-state index contributed by atoms with van der Waals surface area (Å²) in [5, 5.41) is 25.5. The van der Waals surface area contributed by atoms with Crippen molar-refractivity contribution in [3.63, 3.8) is 0 Å². The number of fused-ring (bicyclic) bond motifs is 1. The molecule has 0 radical (unpaired) electrons. The van der Waals surface area contributed by atoms with E-state index in [4.69, 9.17) is 4.74 Å². The smallest absolute Gasteiger partial charge is 0.235 e. The van der Waals surface area contributed by atoms with Gasteiger partial charge in [-0.25, -0.2) is 0 Å². The summed E-state index contributed by atoms with van der Waals surface area (Å²) in [6, 6.07) is 16.9. The average Bonchev–Trinajstić information content (AvgIpc) is 3.16. The molecular weight excluding hydrogens is 436 g/mol. The lowest BCUT2D eigenvalue weighted by molar-refractivity contribution is -0.116. The third kappa shape index (κ3) is 5.11. The fourth-order valence-electron chi connectivity index (χ4n) is 3.53. The van der Waals surface area contributed by atoms with Gasteiger partial charge in [0.1, 0.15) is 23.4 Å². The highest BCUT2D eigenvalue weighted by molar-refractivity contribution is 8.29. The van der Waals surface area contributed by atoms with Crippen molar-refractivity contribution in [3.05, 3.63) is 71.4 Å². The van der Waals surface area contributed by atoms with Crippen LogP contribution in [-0.2, 0) is 4.79 Å². The van der Waals surface area contributed by atoms with Crippen LogP contribution in [0.5, 0.6) is 5.75 Å². The minimum absolute atomic E-state index is 0.0963. The summed E-state index contributed by atoms with van der Waals surface area (Å²) < 4.78 is 5.94. The molecule has 1 amide bonds. The van der Waals surface area contributed by atoms with Gasteiger partial charge in [0, 0.05) is 11.6 Å². The highest BCUT2D eigenvalue weighted by atomic mass is 32.2. The number of ether oxygens (including phenoxy) is 1. The molecule has 1 aromatic heterocycles. The molecule has 0 saturated carbocycles. The quantitative estimate of drug-likeness (QED) is 0.547. The van der Waals surface area contributed by atoms with Crippen molar-refractivity contribution in [1.29, 1.82) is 5.26 Å². The number of aliphatic imine (C=N–C) groups is 1. The molecule has 3 aromatic rings. The molecule has 1 unspecified atom stereocenters. The second-order valence-corrected chi connectivity index (χ2v) is 9.61. The van der Waals surface area contributed by atoms with Crippen LogP contribution in [0.25, 0.3) is 10.9 Å². The molecule has 2 aromatic carbocycles. The van der Waals surface area contributed by atoms with Crippen LogP contribution < -0.4 is 10.1 Å². The summed E-state index contributed by atoms with van der Waals surface area (Å²) in [5.41, 5.74) is 2.86. The van der Waals surface area contributed by atoms with Gasteiger partial charge in [0.15, 0.2) is 5.17 Å². The van der Waals surface area contributed by atoms with Crippen LogP contribution in [0.3, 0.4) is 0 Å². The van der Waals surface area contributed by atoms with Crippen LogP contribution in [0.15, 0.2) is 59.7 Å². The first-order chi connectivity index (χ1) is 16.0. The lowest BCUT2D eigenvalue weighted by atomic mass is 10.1. The number of pyridine rings is 1. The Bertz CT molecular complexity index is 1300. The number of hydrogen-bond donors (Lipinski definition) is 2. The van der Waals surface area contributed by atoms with Crippen LogP contribution >= 0.6 is 10.5 Å². The zero-order valence-electron chi connectivity index (χ0n) is 18.4. The van der Waals surface area contributed by atoms with E-state index < -0.39 is 16.5 Å². The first kappa shape index (κ1) is 22.6. The van der Waals surface area contributed by atoms with Crippen molar-refractivity contribution in [1.82, 2.24) is 10.3 Å². The SMILES string of the molecule is CC(C)Oc1c(C#N)cnc2ccc(/C=S3/CC(=O)NC3=N[C@@H](CO)c3ccccc3)cc12. The Morgan fingerprint density at radius 3 is 2.79 bits per heavy atom. The number of amidine groups is 1. The number of carbonyl (C=O) groups is 1. The number of benzene rings is 2. The van der Waals surface area contributed by atoms with Crippen molar-refractivity contribution in [2.75, 3.05) is 12.4 Å². The van der Waals surface area contributed by atoms with Gasteiger partial charge in [-0.1, -0.05) is 36.4 Å². The molecule has 7 nitrogen and oxygen atoms in total. The molecule has 1 fully saturated rings. The van der Waals surface area contributed by atoms with Gasteiger partial charge in [0.2, 0.25) is 5.91 Å². The van der Waals surface area contributed by atoms with Crippen molar-refractivity contribution in [2.24, 2.45) is 4.99 Å². The second kappa shape index (κ2) is 9.94. The van der Waals surface area contributed by atoms with Crippen LogP contribution in [-0.4, -0.2) is 45.0 Å². The maximum atomic E-state index is 12.2. The molecule has 2 atom stereocenters. The largest absolute Gasteiger partial charge is 0.489 e. The first-order valence-electron chi connectivity index (χ1n) is 10.6. The number of nitrogens with zero attached hydrogens (tertiary/aromatic N) is 3. The number of carbonyl (C=O) groups excluding carboxylic acids is 1. The predicted octanol–water partition coefficient (Wildman–Crippen LogP) is 3.53. The van der Waals surface area contributed by atoms with Crippen molar-refractivity contribution >= 4 is 37.8 Å². The molecule has 1 saturated heterocycles. The Kier molecular flexibility index (Phi) is 6.82. The van der Waals surface area contributed by atoms with Crippen LogP contribution in [0, 0.1) is 11.3 Å². The first-order valence-corrected chi connectivity index (χ1v) is 12.0. The monoisotopic (exact) mass is 460 g/mol. The summed E-state index contributed by atoms with van der Waals surface area (Å²) in [5.74, 6) is 0.710. The Labute approximate surface area is 194 Å². The van der Waals surface area contributed by atoms with E-state index in [9.17, 15) is 15.2 Å². The molecule has 2 N–H and O–H groups in total. The number of rotatable bonds is 6. The fourth-order valence-corrected chi connectivity index (χ4v) is 5.20. The molecule has 1 aliphatic rings. The summed E-state index contributed by atoms with van der Waals surface area (Å²) in [4.78, 5) is 21.2. The number of nitriles is 1. The summed E-state index contributed by atoms with van der Waals surface area (Å²) >= 11 is 0. The Morgan fingerprint density at radius 2 is 2.09 bits per heavy atom. The van der Waals surface area contributed by atoms with Gasteiger partial charge in [0.05, 0.1) is 24.0 Å². The zero-order valence-corrected chi connectivity index (χ0v) is 19.2. The normalized spacial score (nSPS) is 18.0. The van der Waals surface area contributed by atoms with E-state index >= 15 is 0 Å². The van der Waals surface area contributed by atoms with E-state index in [1.165, 1.54) is 6.20 Å². The fraction of sp³-hybridized carbons (Fsp3) is 0.240. The topological polar surface area (TPSA) is 108 Å². The number of aliphatic hydroxyl groups is 1. The number of aromatic nitrogens is 1. The van der Waals surface area contributed by atoms with Crippen LogP contribution in [0.1, 0.15) is 36.6 Å². The molecule has 0 aliphatic carbocycles. The summed E-state index contributed by atoms with van der Waals surface area (Å²) in [6.07, 6.45) is 1.43. The number of hydrogen-bond acceptors (Lipinski definition) is 6. The van der Waals surface area contributed by atoms with Crippen molar-refractivity contribution in [2.45, 2.75) is 26.0 Å². The van der Waals surface area contributed by atoms with Gasteiger partial charge in [0.25, 0.3) is 0 Å². The maximum absolute atomic E-state index is 12.2. The van der Waals surface area contributed by atoms with Gasteiger partial charge >= 0.3 is 0 Å². The summed E-state index contributed by atoms with van der Waals surface area (Å²) in [7, 11) is -0.583. The van der Waals surface area contributed by atoms with Crippen LogP contribution in [0.2, 0.25) is 0 Å². The number of amides is 1. The lowest BCUT2D eigenvalue weighted by Gasteiger charge is -2.14. The molecule has 1 aliphatic heterocycles. The van der Waals surface area contributed by atoms with Gasteiger partial charge in [-0.2, -0.15) is 5.26 Å². The third-order valence-corrected chi connectivity index (χ3v) is 6.84. The average molecular weight is 461 g/mol. The zero-order chi connectivity index (χ0) is 23.4. The minimum atomic E-state index is -0.583. The second-order valence-electron chi connectivity index (χ2n) is 7.84. The Morgan fingerprint density at radius 1 is 1.30 bits per heavy atom. The van der Waals surface area contributed by atoms with Gasteiger partial charge < -0.3 is 15.2 Å². The van der Waals surface area contributed by atoms with E-state index in [2.05, 4.69) is 21.4 Å². The van der Waals surface area contributed by atoms with Crippen molar-refractivity contribution in [3.8, 4) is 11.8 Å². The molecule has 8 heteroatoms. The highest BCUT2D eigenvalue weighted by Gasteiger charge is 2.23. The van der Waals surface area contributed by atoms with E-state index in [1.54, 1.807) is 0 Å². The summed E-state index contributed by atoms with van der Waals surface area (Å²) in [6.45, 7) is 3.66. The third-order valence-electron chi connectivity index (χ3n) is 5.01. The van der Waals surface area contributed by atoms with Gasteiger partial charge in [-0.05, 0) is 42.5 Å². The van der Waals surface area contributed by atoms with E-state index in [0.717, 1.165) is 22.0 Å². The number of nitrogens with one attached hydrogen (secondary N) is 1. The van der Waals surface area contributed by atoms with Crippen LogP contribution in [0.4, 0.5) is 0 Å². The predicted molar refractivity (Wildman–Crippen MR) is 132 cm³/mol. The standard InChI is InChI=1S/C25H24N4O3S/c1-16(2)32-24-19(11-26)12-27-21-9-8-17(10-20(21)24)14-33-15-23(31)29-25(33)28-22(13-30)18-6-4-3-5-7-18/h3-10,12,14,16,22,30H,13,15H2,1-2H3,(H,28,29,31)/t22-,33?/m0/s1. The van der Waals surface area contributed by atoms with Gasteiger partial charge in [-0.3, -0.25) is 14.8 Å². The highest BCUT2D eigenvalue weighted by Crippen LogP contribution is 2.31. The van der Waals surface area contributed by atoms with E-state index in [1.807, 2.05) is 67.7 Å². The molecule has 0 bridgehead atoms.